The molecular weight excluding hydrogens is 204 g/mol. The van der Waals surface area contributed by atoms with Gasteiger partial charge in [-0.1, -0.05) is 36.4 Å². The van der Waals surface area contributed by atoms with E-state index in [1.165, 1.54) is 0 Å². The summed E-state index contributed by atoms with van der Waals surface area (Å²) in [4.78, 5) is 16.3. The molecule has 1 aromatic carbocycles. The molecule has 0 fully saturated rings. The largest absolute Gasteiger partial charge is 0.320 e. The van der Waals surface area contributed by atoms with Gasteiger partial charge in [0, 0.05) is 0 Å². The minimum Gasteiger partial charge on any atom is -0.320 e. The van der Waals surface area contributed by atoms with Crippen LogP contribution in [0.15, 0.2) is 43.0 Å². The summed E-state index contributed by atoms with van der Waals surface area (Å²) in [5, 5.41) is 0. The van der Waals surface area contributed by atoms with Gasteiger partial charge in [0.2, 0.25) is 0 Å². The molecule has 4 heteroatoms. The number of hydroxylamine groups is 1. The van der Waals surface area contributed by atoms with Gasteiger partial charge in [0.05, 0.1) is 12.6 Å². The predicted octanol–water partition coefficient (Wildman–Crippen LogP) is 1.14. The van der Waals surface area contributed by atoms with Gasteiger partial charge in [-0.2, -0.15) is 0 Å². The van der Waals surface area contributed by atoms with Crippen molar-refractivity contribution in [1.82, 2.24) is 5.48 Å². The van der Waals surface area contributed by atoms with Crippen LogP contribution in [0.5, 0.6) is 0 Å². The van der Waals surface area contributed by atoms with Crippen molar-refractivity contribution in [3.8, 4) is 0 Å². The Hall–Kier alpha value is -1.65. The van der Waals surface area contributed by atoms with E-state index < -0.39 is 6.04 Å². The fourth-order valence-electron chi connectivity index (χ4n) is 1.13. The minimum absolute atomic E-state index is 0.327. The lowest BCUT2D eigenvalue weighted by Gasteiger charge is -2.10. The van der Waals surface area contributed by atoms with Gasteiger partial charge in [-0.05, 0) is 12.0 Å². The lowest BCUT2D eigenvalue weighted by Crippen LogP contribution is -2.40. The summed E-state index contributed by atoms with van der Waals surface area (Å²) >= 11 is 0. The summed E-state index contributed by atoms with van der Waals surface area (Å²) in [6.07, 6.45) is 2.03. The summed E-state index contributed by atoms with van der Waals surface area (Å²) in [6, 6.07) is 8.95. The van der Waals surface area contributed by atoms with Gasteiger partial charge in [-0.3, -0.25) is 9.63 Å². The molecule has 0 saturated carbocycles. The van der Waals surface area contributed by atoms with Crippen LogP contribution in [0.25, 0.3) is 0 Å². The van der Waals surface area contributed by atoms with E-state index in [9.17, 15) is 4.79 Å². The number of nitrogens with two attached hydrogens (primary N) is 1. The number of nitrogens with one attached hydrogen (secondary N) is 1. The van der Waals surface area contributed by atoms with Crippen LogP contribution in [-0.4, -0.2) is 11.9 Å². The first-order chi connectivity index (χ1) is 7.74. The molecule has 86 valence electrons. The zero-order valence-corrected chi connectivity index (χ0v) is 9.06. The molecule has 0 aromatic heterocycles. The van der Waals surface area contributed by atoms with Crippen molar-refractivity contribution in [1.29, 1.82) is 0 Å². The summed E-state index contributed by atoms with van der Waals surface area (Å²) < 4.78 is 0. The Morgan fingerprint density at radius 1 is 1.50 bits per heavy atom. The third kappa shape index (κ3) is 4.25. The molecule has 0 saturated heterocycles. The second kappa shape index (κ2) is 6.76. The zero-order valence-electron chi connectivity index (χ0n) is 9.06. The van der Waals surface area contributed by atoms with Crippen molar-refractivity contribution in [3.05, 3.63) is 48.6 Å². The molecule has 0 aliphatic carbocycles. The molecule has 16 heavy (non-hydrogen) atoms. The fourth-order valence-corrected chi connectivity index (χ4v) is 1.13. The third-order valence-corrected chi connectivity index (χ3v) is 2.01. The van der Waals surface area contributed by atoms with Gasteiger partial charge in [-0.15, -0.1) is 6.58 Å². The summed E-state index contributed by atoms with van der Waals surface area (Å²) in [7, 11) is 0. The first-order valence-electron chi connectivity index (χ1n) is 5.06. The van der Waals surface area contributed by atoms with Gasteiger partial charge < -0.3 is 5.73 Å². The number of amides is 1. The van der Waals surface area contributed by atoms with Crippen LogP contribution in [0, 0.1) is 0 Å². The second-order valence-corrected chi connectivity index (χ2v) is 3.37. The SMILES string of the molecule is C=CCC(N)C(=O)NOCc1ccccc1. The Morgan fingerprint density at radius 3 is 2.81 bits per heavy atom. The molecule has 0 spiro atoms. The summed E-state index contributed by atoms with van der Waals surface area (Å²) in [5.41, 5.74) is 8.83. The second-order valence-electron chi connectivity index (χ2n) is 3.37. The normalized spacial score (nSPS) is 11.8. The average molecular weight is 220 g/mol. The maximum atomic E-state index is 11.3. The van der Waals surface area contributed by atoms with E-state index >= 15 is 0 Å². The van der Waals surface area contributed by atoms with Gasteiger partial charge >= 0.3 is 0 Å². The smallest absolute Gasteiger partial charge is 0.260 e. The number of rotatable bonds is 6. The van der Waals surface area contributed by atoms with Gasteiger partial charge in [0.1, 0.15) is 0 Å². The van der Waals surface area contributed by atoms with Crippen molar-refractivity contribution < 1.29 is 9.63 Å². The Bertz CT molecular complexity index is 338. The van der Waals surface area contributed by atoms with E-state index in [1.54, 1.807) is 6.08 Å². The molecule has 0 aliphatic rings. The van der Waals surface area contributed by atoms with Crippen molar-refractivity contribution >= 4 is 5.91 Å². The van der Waals surface area contributed by atoms with Crippen LogP contribution in [0.1, 0.15) is 12.0 Å². The lowest BCUT2D eigenvalue weighted by molar-refractivity contribution is -0.135. The molecule has 1 amide bonds. The molecule has 0 bridgehead atoms. The molecule has 1 unspecified atom stereocenters. The molecule has 1 atom stereocenters. The van der Waals surface area contributed by atoms with Gasteiger partial charge in [0.15, 0.2) is 0 Å². The highest BCUT2D eigenvalue weighted by molar-refractivity contribution is 5.80. The molecule has 0 aliphatic heterocycles. The number of hydrogen-bond acceptors (Lipinski definition) is 3. The predicted molar refractivity (Wildman–Crippen MR) is 62.2 cm³/mol. The van der Waals surface area contributed by atoms with Crippen LogP contribution >= 0.6 is 0 Å². The highest BCUT2D eigenvalue weighted by atomic mass is 16.6. The van der Waals surface area contributed by atoms with Crippen LogP contribution < -0.4 is 11.2 Å². The number of carbonyl (C=O) groups is 1. The quantitative estimate of drug-likeness (QED) is 0.558. The third-order valence-electron chi connectivity index (χ3n) is 2.01. The van der Waals surface area contributed by atoms with Crippen LogP contribution in [0.4, 0.5) is 0 Å². The van der Waals surface area contributed by atoms with Crippen molar-refractivity contribution in [2.45, 2.75) is 19.1 Å². The molecular formula is C12H16N2O2. The first kappa shape index (κ1) is 12.4. The Morgan fingerprint density at radius 2 is 2.19 bits per heavy atom. The van der Waals surface area contributed by atoms with E-state index in [4.69, 9.17) is 10.6 Å². The van der Waals surface area contributed by atoms with E-state index in [-0.39, 0.29) is 5.91 Å². The maximum Gasteiger partial charge on any atom is 0.260 e. The van der Waals surface area contributed by atoms with Crippen molar-refractivity contribution in [2.24, 2.45) is 5.73 Å². The van der Waals surface area contributed by atoms with Crippen molar-refractivity contribution in [3.63, 3.8) is 0 Å². The summed E-state index contributed by atoms with van der Waals surface area (Å²) in [5.74, 6) is -0.337. The highest BCUT2D eigenvalue weighted by Crippen LogP contribution is 1.99. The number of benzene rings is 1. The monoisotopic (exact) mass is 220 g/mol. The maximum absolute atomic E-state index is 11.3. The molecule has 3 N–H and O–H groups in total. The van der Waals surface area contributed by atoms with E-state index in [0.29, 0.717) is 13.0 Å². The number of hydrogen-bond donors (Lipinski definition) is 2. The van der Waals surface area contributed by atoms with Crippen LogP contribution in [-0.2, 0) is 16.2 Å². The van der Waals surface area contributed by atoms with Gasteiger partial charge in [-0.25, -0.2) is 5.48 Å². The van der Waals surface area contributed by atoms with E-state index in [2.05, 4.69) is 12.1 Å². The fraction of sp³-hybridized carbons (Fsp3) is 0.250. The van der Waals surface area contributed by atoms with Crippen molar-refractivity contribution in [2.75, 3.05) is 0 Å². The topological polar surface area (TPSA) is 64.4 Å². The highest BCUT2D eigenvalue weighted by Gasteiger charge is 2.10. The first-order valence-corrected chi connectivity index (χ1v) is 5.06. The molecule has 0 radical (unpaired) electrons. The van der Waals surface area contributed by atoms with Gasteiger partial charge in [0.25, 0.3) is 5.91 Å². The molecule has 4 nitrogen and oxygen atoms in total. The minimum atomic E-state index is -0.603. The number of carbonyl (C=O) groups excluding carboxylic acids is 1. The molecule has 0 heterocycles. The Kier molecular flexibility index (Phi) is 5.25. The molecule has 1 aromatic rings. The Labute approximate surface area is 95.1 Å². The van der Waals surface area contributed by atoms with Crippen LogP contribution in [0.2, 0.25) is 0 Å². The van der Waals surface area contributed by atoms with E-state index in [0.717, 1.165) is 5.56 Å². The lowest BCUT2D eigenvalue weighted by atomic mass is 10.2. The summed E-state index contributed by atoms with van der Waals surface area (Å²) in [6.45, 7) is 3.84. The zero-order chi connectivity index (χ0) is 11.8. The Balaban J connectivity index is 2.25. The average Bonchev–Trinajstić information content (AvgIpc) is 2.30. The van der Waals surface area contributed by atoms with E-state index in [1.807, 2.05) is 30.3 Å². The molecule has 1 rings (SSSR count). The standard InChI is InChI=1S/C12H16N2O2/c1-2-6-11(13)12(15)14-16-9-10-7-4-3-5-8-10/h2-5,7-8,11H,1,6,9,13H2,(H,14,15). The van der Waals surface area contributed by atoms with Crippen LogP contribution in [0.3, 0.4) is 0 Å².